The van der Waals surface area contributed by atoms with E-state index in [2.05, 4.69) is 191 Å². The van der Waals surface area contributed by atoms with Crippen molar-refractivity contribution < 1.29 is 0 Å². The van der Waals surface area contributed by atoms with E-state index in [4.69, 9.17) is 0 Å². The summed E-state index contributed by atoms with van der Waals surface area (Å²) >= 11 is 0. The van der Waals surface area contributed by atoms with Crippen LogP contribution in [0.2, 0.25) is 0 Å². The second-order valence-electron chi connectivity index (χ2n) is 13.2. The normalized spacial score (nSPS) is 13.1. The van der Waals surface area contributed by atoms with E-state index in [1.807, 2.05) is 0 Å². The molecule has 1 aliphatic rings. The topological polar surface area (TPSA) is 9.86 Å². The minimum atomic E-state index is 1.08. The van der Waals surface area contributed by atoms with Gasteiger partial charge in [0, 0.05) is 32.7 Å². The predicted molar refractivity (Wildman–Crippen MR) is 212 cm³/mol. The van der Waals surface area contributed by atoms with Gasteiger partial charge in [0.2, 0.25) is 0 Å². The van der Waals surface area contributed by atoms with Crippen LogP contribution in [0.1, 0.15) is 18.4 Å². The summed E-state index contributed by atoms with van der Waals surface area (Å²) in [6.45, 7) is 0. The molecule has 0 atom stereocenters. The Kier molecular flexibility index (Phi) is 6.67. The molecule has 2 heteroatoms. The van der Waals surface area contributed by atoms with Crippen molar-refractivity contribution in [3.63, 3.8) is 0 Å². The van der Waals surface area contributed by atoms with Crippen molar-refractivity contribution in [2.24, 2.45) is 0 Å². The first-order valence-corrected chi connectivity index (χ1v) is 17.5. The van der Waals surface area contributed by atoms with Crippen molar-refractivity contribution in [1.29, 1.82) is 0 Å². The fourth-order valence-corrected chi connectivity index (χ4v) is 8.08. The van der Waals surface area contributed by atoms with Crippen molar-refractivity contribution in [3.05, 3.63) is 188 Å². The molecule has 7 aromatic carbocycles. The Morgan fingerprint density at radius 3 is 1.46 bits per heavy atom. The lowest BCUT2D eigenvalue weighted by Gasteiger charge is -2.16. The van der Waals surface area contributed by atoms with Gasteiger partial charge in [0.25, 0.3) is 0 Å². The van der Waals surface area contributed by atoms with Crippen molar-refractivity contribution in [1.82, 2.24) is 9.13 Å². The van der Waals surface area contributed by atoms with Crippen LogP contribution in [0.25, 0.3) is 82.8 Å². The van der Waals surface area contributed by atoms with Crippen LogP contribution in [0.15, 0.2) is 182 Å². The Morgan fingerprint density at radius 1 is 0.360 bits per heavy atom. The fraction of sp³-hybridized carbons (Fsp3) is 0.0417. The highest BCUT2D eigenvalue weighted by Crippen LogP contribution is 2.40. The second-order valence-corrected chi connectivity index (χ2v) is 13.2. The first-order valence-electron chi connectivity index (χ1n) is 17.5. The molecule has 0 radical (unpaired) electrons. The summed E-state index contributed by atoms with van der Waals surface area (Å²) in [4.78, 5) is 0. The second kappa shape index (κ2) is 11.6. The van der Waals surface area contributed by atoms with Gasteiger partial charge in [0.15, 0.2) is 0 Å². The zero-order chi connectivity index (χ0) is 33.0. The van der Waals surface area contributed by atoms with E-state index in [0.717, 1.165) is 12.8 Å². The number of fused-ring (bicyclic) bond motifs is 6. The van der Waals surface area contributed by atoms with Gasteiger partial charge in [-0.25, -0.2) is 0 Å². The van der Waals surface area contributed by atoms with Gasteiger partial charge in [-0.05, 0) is 83.6 Å². The fourth-order valence-electron chi connectivity index (χ4n) is 8.08. The number of aromatic nitrogens is 2. The van der Waals surface area contributed by atoms with E-state index in [-0.39, 0.29) is 0 Å². The summed E-state index contributed by atoms with van der Waals surface area (Å²) in [5.41, 5.74) is 14.7. The van der Waals surface area contributed by atoms with E-state index >= 15 is 0 Å². The van der Waals surface area contributed by atoms with Crippen LogP contribution in [0.3, 0.4) is 0 Å². The average Bonchev–Trinajstić information content (AvgIpc) is 3.70. The first-order chi connectivity index (χ1) is 24.8. The Labute approximate surface area is 291 Å². The highest BCUT2D eigenvalue weighted by atomic mass is 15.0. The number of rotatable bonds is 5. The summed E-state index contributed by atoms with van der Waals surface area (Å²) in [7, 11) is 0. The number of allylic oxidation sites excluding steroid dienone is 4. The molecule has 0 saturated carbocycles. The van der Waals surface area contributed by atoms with Crippen molar-refractivity contribution in [2.45, 2.75) is 12.8 Å². The van der Waals surface area contributed by atoms with Crippen LogP contribution in [-0.4, -0.2) is 9.13 Å². The molecule has 0 unspecified atom stereocenters. The Hall–Kier alpha value is -6.38. The maximum absolute atomic E-state index is 2.45. The number of para-hydroxylation sites is 4. The standard InChI is InChI=1S/C48H34N2/c1-3-15-33(16-4-1)37-19-7-11-23-43(37)49-45-25-13-9-21-39(45)41-31-35(27-29-47(41)49)36-28-30-48-42(32-36)40-22-10-14-26-46(40)50(48)44-24-12-8-20-38(44)34-17-5-2-6-18-34/h1,3-5,7-32H,2,6H2. The number of benzene rings is 7. The van der Waals surface area contributed by atoms with Crippen LogP contribution in [-0.2, 0) is 0 Å². The molecule has 0 saturated heterocycles. The third-order valence-corrected chi connectivity index (χ3v) is 10.4. The van der Waals surface area contributed by atoms with Gasteiger partial charge in [-0.15, -0.1) is 0 Å². The molecule has 9 aromatic rings. The zero-order valence-corrected chi connectivity index (χ0v) is 27.6. The van der Waals surface area contributed by atoms with Crippen LogP contribution >= 0.6 is 0 Å². The molecule has 2 heterocycles. The van der Waals surface area contributed by atoms with Crippen LogP contribution < -0.4 is 0 Å². The van der Waals surface area contributed by atoms with Gasteiger partial charge >= 0.3 is 0 Å². The molecular weight excluding hydrogens is 605 g/mol. The van der Waals surface area contributed by atoms with Crippen LogP contribution in [0.5, 0.6) is 0 Å². The third kappa shape index (κ3) is 4.49. The van der Waals surface area contributed by atoms with Crippen molar-refractivity contribution in [2.75, 3.05) is 0 Å². The molecule has 0 fully saturated rings. The molecule has 0 amide bonds. The number of hydrogen-bond acceptors (Lipinski definition) is 0. The molecule has 10 rings (SSSR count). The molecule has 50 heavy (non-hydrogen) atoms. The quantitative estimate of drug-likeness (QED) is 0.178. The monoisotopic (exact) mass is 638 g/mol. The summed E-state index contributed by atoms with van der Waals surface area (Å²) in [5.74, 6) is 0. The van der Waals surface area contributed by atoms with Gasteiger partial charge in [-0.3, -0.25) is 0 Å². The van der Waals surface area contributed by atoms with Gasteiger partial charge in [-0.1, -0.05) is 133 Å². The average molecular weight is 639 g/mol. The maximum atomic E-state index is 2.45. The smallest absolute Gasteiger partial charge is 0.0541 e. The van der Waals surface area contributed by atoms with E-state index in [0.29, 0.717) is 0 Å². The molecule has 0 spiro atoms. The third-order valence-electron chi connectivity index (χ3n) is 10.4. The molecule has 236 valence electrons. The van der Waals surface area contributed by atoms with Crippen LogP contribution in [0, 0.1) is 0 Å². The largest absolute Gasteiger partial charge is 0.309 e. The van der Waals surface area contributed by atoms with Crippen LogP contribution in [0.4, 0.5) is 0 Å². The summed E-state index contributed by atoms with van der Waals surface area (Å²) in [6.07, 6.45) is 9.14. The lowest BCUT2D eigenvalue weighted by atomic mass is 9.98. The van der Waals surface area contributed by atoms with E-state index in [1.54, 1.807) is 0 Å². The Bertz CT molecular complexity index is 2810. The predicted octanol–water partition coefficient (Wildman–Crippen LogP) is 12.9. The number of nitrogens with zero attached hydrogens (tertiary/aromatic N) is 2. The van der Waals surface area contributed by atoms with Gasteiger partial charge in [-0.2, -0.15) is 0 Å². The first kappa shape index (κ1) is 28.6. The Morgan fingerprint density at radius 2 is 0.860 bits per heavy atom. The Balaban J connectivity index is 1.16. The van der Waals surface area contributed by atoms with Crippen molar-refractivity contribution >= 4 is 49.2 Å². The lowest BCUT2D eigenvalue weighted by Crippen LogP contribution is -1.99. The highest BCUT2D eigenvalue weighted by Gasteiger charge is 2.19. The van der Waals surface area contributed by atoms with Gasteiger partial charge in [0.05, 0.1) is 33.4 Å². The van der Waals surface area contributed by atoms with E-state index < -0.39 is 0 Å². The van der Waals surface area contributed by atoms with E-state index in [9.17, 15) is 0 Å². The summed E-state index contributed by atoms with van der Waals surface area (Å²) in [6, 6.07) is 59.9. The zero-order valence-electron chi connectivity index (χ0n) is 27.6. The molecule has 2 nitrogen and oxygen atoms in total. The highest BCUT2D eigenvalue weighted by molar-refractivity contribution is 6.13. The molecule has 1 aliphatic carbocycles. The molecule has 0 aliphatic heterocycles. The summed E-state index contributed by atoms with van der Waals surface area (Å²) < 4.78 is 4.88. The lowest BCUT2D eigenvalue weighted by molar-refractivity contribution is 1.04. The minimum Gasteiger partial charge on any atom is -0.309 e. The SMILES string of the molecule is C1=CC(c2ccccc2-n2c3ccccc3c3cc(-c4ccc5c(c4)c4ccccc4n5-c4ccccc4-c4ccccc4)ccc32)=CCC1. The van der Waals surface area contributed by atoms with Gasteiger partial charge in [0.1, 0.15) is 0 Å². The number of hydrogen-bond donors (Lipinski definition) is 0. The molecule has 0 N–H and O–H groups in total. The molecular formula is C48H34N2. The molecule has 2 aromatic heterocycles. The summed E-state index contributed by atoms with van der Waals surface area (Å²) in [5, 5.41) is 5.04. The minimum absolute atomic E-state index is 1.08. The molecule has 0 bridgehead atoms. The maximum Gasteiger partial charge on any atom is 0.0541 e. The van der Waals surface area contributed by atoms with Gasteiger partial charge < -0.3 is 9.13 Å². The van der Waals surface area contributed by atoms with Crippen molar-refractivity contribution in [3.8, 4) is 33.6 Å². The van der Waals surface area contributed by atoms with E-state index in [1.165, 1.54) is 88.4 Å².